The monoisotopic (exact) mass is 218 g/mol. The molecule has 0 spiro atoms. The predicted octanol–water partition coefficient (Wildman–Crippen LogP) is 0.853. The highest BCUT2D eigenvalue weighted by molar-refractivity contribution is 5.67. The molecule has 0 aliphatic carbocycles. The van der Waals surface area contributed by atoms with E-state index in [9.17, 15) is 4.79 Å². The van der Waals surface area contributed by atoms with Crippen LogP contribution in [0.4, 0.5) is 4.79 Å². The first-order chi connectivity index (χ1) is 7.77. The minimum absolute atomic E-state index is 0.318. The van der Waals surface area contributed by atoms with Crippen molar-refractivity contribution in [1.82, 2.24) is 5.32 Å². The van der Waals surface area contributed by atoms with Gasteiger partial charge in [0, 0.05) is 12.1 Å². The highest BCUT2D eigenvalue weighted by atomic mass is 16.5. The van der Waals surface area contributed by atoms with Crippen molar-refractivity contribution in [2.45, 2.75) is 6.54 Å². The first-order valence-corrected chi connectivity index (χ1v) is 4.86. The van der Waals surface area contributed by atoms with Crippen molar-refractivity contribution >= 4 is 6.09 Å². The van der Waals surface area contributed by atoms with Crippen LogP contribution in [0, 0.1) is 11.8 Å². The van der Waals surface area contributed by atoms with E-state index in [-0.39, 0.29) is 0 Å². The summed E-state index contributed by atoms with van der Waals surface area (Å²) >= 11 is 0. The van der Waals surface area contributed by atoms with Crippen molar-refractivity contribution in [2.24, 2.45) is 5.73 Å². The van der Waals surface area contributed by atoms with E-state index < -0.39 is 6.09 Å². The van der Waals surface area contributed by atoms with E-state index in [2.05, 4.69) is 21.9 Å². The van der Waals surface area contributed by atoms with Gasteiger partial charge in [0.2, 0.25) is 0 Å². The molecule has 0 unspecified atom stereocenters. The Balaban J connectivity index is 2.75. The average Bonchev–Trinajstić information content (AvgIpc) is 2.34. The molecular weight excluding hydrogens is 204 g/mol. The van der Waals surface area contributed by atoms with Crippen LogP contribution in [0.2, 0.25) is 0 Å². The van der Waals surface area contributed by atoms with Crippen molar-refractivity contribution in [3.05, 3.63) is 35.4 Å². The molecule has 0 aliphatic rings. The molecule has 16 heavy (non-hydrogen) atoms. The Morgan fingerprint density at radius 2 is 2.25 bits per heavy atom. The van der Waals surface area contributed by atoms with Gasteiger partial charge in [0.15, 0.2) is 0 Å². The van der Waals surface area contributed by atoms with Crippen molar-refractivity contribution in [3.8, 4) is 11.8 Å². The Kier molecular flexibility index (Phi) is 4.90. The third-order valence-corrected chi connectivity index (χ3v) is 1.95. The van der Waals surface area contributed by atoms with Gasteiger partial charge in [-0.15, -0.1) is 0 Å². The number of nitrogens with one attached hydrogen (secondary N) is 1. The van der Waals surface area contributed by atoms with Gasteiger partial charge < -0.3 is 15.8 Å². The lowest BCUT2D eigenvalue weighted by Crippen LogP contribution is -2.22. The number of methoxy groups -OCH3 is 1. The van der Waals surface area contributed by atoms with Crippen LogP contribution in [-0.4, -0.2) is 19.7 Å². The lowest BCUT2D eigenvalue weighted by molar-refractivity contribution is 0.170. The summed E-state index contributed by atoms with van der Waals surface area (Å²) in [5.74, 6) is 5.73. The maximum atomic E-state index is 10.9. The van der Waals surface area contributed by atoms with Gasteiger partial charge in [-0.25, -0.2) is 4.79 Å². The van der Waals surface area contributed by atoms with Crippen LogP contribution in [0.3, 0.4) is 0 Å². The molecule has 0 atom stereocenters. The van der Waals surface area contributed by atoms with Gasteiger partial charge in [0.25, 0.3) is 0 Å². The number of nitrogens with two attached hydrogens (primary N) is 1. The average molecular weight is 218 g/mol. The Morgan fingerprint density at radius 1 is 1.50 bits per heavy atom. The quantitative estimate of drug-likeness (QED) is 0.723. The second-order valence-corrected chi connectivity index (χ2v) is 3.01. The smallest absolute Gasteiger partial charge is 0.407 e. The summed E-state index contributed by atoms with van der Waals surface area (Å²) in [6.07, 6.45) is -0.457. The Morgan fingerprint density at radius 3 is 2.94 bits per heavy atom. The normalized spacial score (nSPS) is 8.88. The Hall–Kier alpha value is -1.99. The van der Waals surface area contributed by atoms with Gasteiger partial charge in [0.05, 0.1) is 13.7 Å². The number of hydrogen-bond acceptors (Lipinski definition) is 3. The van der Waals surface area contributed by atoms with Crippen LogP contribution in [-0.2, 0) is 11.3 Å². The van der Waals surface area contributed by atoms with Crippen LogP contribution in [0.1, 0.15) is 11.1 Å². The first-order valence-electron chi connectivity index (χ1n) is 4.86. The second-order valence-electron chi connectivity index (χ2n) is 3.01. The van der Waals surface area contributed by atoms with Crippen LogP contribution < -0.4 is 11.1 Å². The van der Waals surface area contributed by atoms with Crippen molar-refractivity contribution in [3.63, 3.8) is 0 Å². The molecule has 0 saturated heterocycles. The molecule has 1 aromatic rings. The van der Waals surface area contributed by atoms with Gasteiger partial charge >= 0.3 is 6.09 Å². The minimum atomic E-state index is -0.457. The summed E-state index contributed by atoms with van der Waals surface area (Å²) in [4.78, 5) is 10.9. The zero-order valence-corrected chi connectivity index (χ0v) is 9.12. The van der Waals surface area contributed by atoms with Gasteiger partial charge in [-0.1, -0.05) is 30.0 Å². The SMILES string of the molecule is COC(=O)NCc1ccccc1C#CCN. The van der Waals surface area contributed by atoms with Gasteiger partial charge in [-0.05, 0) is 11.6 Å². The van der Waals surface area contributed by atoms with E-state index in [4.69, 9.17) is 5.73 Å². The molecule has 3 N–H and O–H groups in total. The molecule has 0 fully saturated rings. The number of ether oxygens (including phenoxy) is 1. The Bertz CT molecular complexity index is 419. The number of rotatable bonds is 2. The molecule has 0 aliphatic heterocycles. The van der Waals surface area contributed by atoms with E-state index in [0.29, 0.717) is 13.1 Å². The third kappa shape index (κ3) is 3.64. The fraction of sp³-hybridized carbons (Fsp3) is 0.250. The fourth-order valence-corrected chi connectivity index (χ4v) is 1.18. The summed E-state index contributed by atoms with van der Waals surface area (Å²) in [6, 6.07) is 7.57. The maximum absolute atomic E-state index is 10.9. The summed E-state index contributed by atoms with van der Waals surface area (Å²) in [5.41, 5.74) is 7.11. The van der Waals surface area contributed by atoms with Crippen molar-refractivity contribution in [1.29, 1.82) is 0 Å². The topological polar surface area (TPSA) is 64.3 Å². The number of amides is 1. The van der Waals surface area contributed by atoms with Crippen LogP contribution in [0.25, 0.3) is 0 Å². The number of hydrogen-bond donors (Lipinski definition) is 2. The third-order valence-electron chi connectivity index (χ3n) is 1.95. The lowest BCUT2D eigenvalue weighted by Gasteiger charge is -2.05. The summed E-state index contributed by atoms with van der Waals surface area (Å²) in [6.45, 7) is 0.709. The molecule has 1 amide bonds. The fourth-order valence-electron chi connectivity index (χ4n) is 1.18. The molecular formula is C12H14N2O2. The molecule has 0 heterocycles. The van der Waals surface area contributed by atoms with Crippen LogP contribution >= 0.6 is 0 Å². The molecule has 0 aromatic heterocycles. The van der Waals surface area contributed by atoms with E-state index in [0.717, 1.165) is 11.1 Å². The summed E-state index contributed by atoms with van der Waals surface area (Å²) < 4.78 is 4.49. The zero-order valence-electron chi connectivity index (χ0n) is 9.12. The molecule has 0 saturated carbocycles. The molecule has 1 rings (SSSR count). The largest absolute Gasteiger partial charge is 0.453 e. The standard InChI is InChI=1S/C12H14N2O2/c1-16-12(15)14-9-11-6-3-2-5-10(11)7-4-8-13/h2-3,5-6H,8-9,13H2,1H3,(H,14,15). The number of carbonyl (C=O) groups excluding carboxylic acids is 1. The van der Waals surface area contributed by atoms with E-state index in [1.807, 2.05) is 24.3 Å². The Labute approximate surface area is 94.8 Å². The van der Waals surface area contributed by atoms with Crippen molar-refractivity contribution in [2.75, 3.05) is 13.7 Å². The van der Waals surface area contributed by atoms with Gasteiger partial charge in [-0.3, -0.25) is 0 Å². The highest BCUT2D eigenvalue weighted by Crippen LogP contribution is 2.06. The van der Waals surface area contributed by atoms with Crippen molar-refractivity contribution < 1.29 is 9.53 Å². The van der Waals surface area contributed by atoms with E-state index >= 15 is 0 Å². The van der Waals surface area contributed by atoms with E-state index in [1.165, 1.54) is 7.11 Å². The van der Waals surface area contributed by atoms with Crippen LogP contribution in [0.5, 0.6) is 0 Å². The predicted molar refractivity (Wildman–Crippen MR) is 61.6 cm³/mol. The number of benzene rings is 1. The van der Waals surface area contributed by atoms with E-state index in [1.54, 1.807) is 0 Å². The molecule has 4 heteroatoms. The first kappa shape index (κ1) is 12.1. The zero-order chi connectivity index (χ0) is 11.8. The number of carbonyl (C=O) groups is 1. The number of alkyl carbamates (subject to hydrolysis) is 1. The maximum Gasteiger partial charge on any atom is 0.407 e. The lowest BCUT2D eigenvalue weighted by atomic mass is 10.1. The molecule has 84 valence electrons. The summed E-state index contributed by atoms with van der Waals surface area (Å²) in [5, 5.41) is 2.61. The van der Waals surface area contributed by atoms with Crippen LogP contribution in [0.15, 0.2) is 24.3 Å². The molecule has 0 radical (unpaired) electrons. The molecule has 0 bridgehead atoms. The molecule has 4 nitrogen and oxygen atoms in total. The van der Waals surface area contributed by atoms with Gasteiger partial charge in [-0.2, -0.15) is 0 Å². The second kappa shape index (κ2) is 6.49. The molecule has 1 aromatic carbocycles. The highest BCUT2D eigenvalue weighted by Gasteiger charge is 2.01. The van der Waals surface area contributed by atoms with Gasteiger partial charge in [0.1, 0.15) is 0 Å². The minimum Gasteiger partial charge on any atom is -0.453 e. The summed E-state index contributed by atoms with van der Waals surface area (Å²) in [7, 11) is 1.33.